The summed E-state index contributed by atoms with van der Waals surface area (Å²) >= 11 is 0. The Kier molecular flexibility index (Phi) is 4.82. The maximum absolute atomic E-state index is 12.0. The van der Waals surface area contributed by atoms with E-state index >= 15 is 0 Å². The lowest BCUT2D eigenvalue weighted by atomic mass is 10.2. The molecule has 8 nitrogen and oxygen atoms in total. The van der Waals surface area contributed by atoms with E-state index in [9.17, 15) is 14.4 Å². The number of benzene rings is 1. The van der Waals surface area contributed by atoms with Crippen molar-refractivity contribution in [3.63, 3.8) is 0 Å². The van der Waals surface area contributed by atoms with Gasteiger partial charge in [-0.2, -0.15) is 0 Å². The van der Waals surface area contributed by atoms with E-state index in [0.717, 1.165) is 0 Å². The van der Waals surface area contributed by atoms with Gasteiger partial charge >= 0.3 is 12.0 Å². The Morgan fingerprint density at radius 3 is 2.64 bits per heavy atom. The second-order valence-electron chi connectivity index (χ2n) is 4.51. The first-order chi connectivity index (χ1) is 10.5. The van der Waals surface area contributed by atoms with Crippen LogP contribution < -0.4 is 20.1 Å². The van der Waals surface area contributed by atoms with Crippen molar-refractivity contribution in [2.75, 3.05) is 13.7 Å². The highest BCUT2D eigenvalue weighted by molar-refractivity contribution is 5.97. The largest absolute Gasteiger partial charge is 0.485 e. The van der Waals surface area contributed by atoms with E-state index in [1.165, 1.54) is 14.0 Å². The Morgan fingerprint density at radius 2 is 1.95 bits per heavy atom. The lowest BCUT2D eigenvalue weighted by Crippen LogP contribution is -2.46. The number of esters is 1. The average Bonchev–Trinajstić information content (AvgIpc) is 2.53. The Labute approximate surface area is 126 Å². The first kappa shape index (κ1) is 15.6. The summed E-state index contributed by atoms with van der Waals surface area (Å²) in [7, 11) is 1.37. The summed E-state index contributed by atoms with van der Waals surface area (Å²) in [5.74, 6) is -0.506. The fraction of sp³-hybridized carbons (Fsp3) is 0.357. The highest BCUT2D eigenvalue weighted by Crippen LogP contribution is 2.31. The molecule has 0 spiro atoms. The van der Waals surface area contributed by atoms with Crippen molar-refractivity contribution in [2.24, 2.45) is 0 Å². The average molecular weight is 308 g/mol. The van der Waals surface area contributed by atoms with Gasteiger partial charge in [0.05, 0.1) is 0 Å². The Morgan fingerprint density at radius 1 is 1.27 bits per heavy atom. The van der Waals surface area contributed by atoms with Gasteiger partial charge in [-0.3, -0.25) is 10.1 Å². The number of amides is 3. The molecule has 2 N–H and O–H groups in total. The van der Waals surface area contributed by atoms with Crippen LogP contribution in [0.15, 0.2) is 24.3 Å². The fourth-order valence-electron chi connectivity index (χ4n) is 1.72. The van der Waals surface area contributed by atoms with Gasteiger partial charge in [0.25, 0.3) is 5.91 Å². The van der Waals surface area contributed by atoms with Crippen LogP contribution in [-0.2, 0) is 14.3 Å². The normalized spacial score (nSPS) is 17.1. The number of para-hydroxylation sites is 2. The quantitative estimate of drug-likeness (QED) is 0.774. The van der Waals surface area contributed by atoms with Crippen LogP contribution >= 0.6 is 0 Å². The summed E-state index contributed by atoms with van der Waals surface area (Å²) in [6, 6.07) is 6.23. The van der Waals surface area contributed by atoms with Gasteiger partial charge in [-0.1, -0.05) is 12.1 Å². The first-order valence-corrected chi connectivity index (χ1v) is 6.63. The number of urea groups is 1. The number of fused-ring (bicyclic) bond motifs is 1. The minimum absolute atomic E-state index is 0.0143. The van der Waals surface area contributed by atoms with E-state index in [1.54, 1.807) is 24.3 Å². The lowest BCUT2D eigenvalue weighted by Gasteiger charge is -2.25. The van der Waals surface area contributed by atoms with Crippen molar-refractivity contribution < 1.29 is 28.6 Å². The minimum Gasteiger partial charge on any atom is -0.485 e. The minimum atomic E-state index is -1.13. The molecule has 1 aliphatic rings. The molecule has 0 saturated heterocycles. The van der Waals surface area contributed by atoms with Gasteiger partial charge < -0.3 is 19.5 Å². The van der Waals surface area contributed by atoms with Crippen LogP contribution in [0, 0.1) is 0 Å². The summed E-state index contributed by atoms with van der Waals surface area (Å²) in [5, 5.41) is 4.24. The molecule has 118 valence electrons. The number of hydrogen-bond acceptors (Lipinski definition) is 6. The highest BCUT2D eigenvalue weighted by atomic mass is 16.6. The number of carbonyl (C=O) groups is 3. The van der Waals surface area contributed by atoms with Gasteiger partial charge in [-0.25, -0.2) is 9.59 Å². The summed E-state index contributed by atoms with van der Waals surface area (Å²) in [6.07, 6.45) is -2.10. The number of imide groups is 1. The molecule has 0 unspecified atom stereocenters. The lowest BCUT2D eigenvalue weighted by molar-refractivity contribution is -0.163. The third-order valence-electron chi connectivity index (χ3n) is 2.90. The van der Waals surface area contributed by atoms with Gasteiger partial charge in [-0.15, -0.1) is 0 Å². The Hall–Kier alpha value is -2.77. The molecule has 1 aromatic carbocycles. The molecule has 2 rings (SSSR count). The smallest absolute Gasteiger partial charge is 0.351 e. The summed E-state index contributed by atoms with van der Waals surface area (Å²) in [4.78, 5) is 34.6. The molecule has 8 heteroatoms. The van der Waals surface area contributed by atoms with Gasteiger partial charge in [0.15, 0.2) is 17.6 Å². The van der Waals surface area contributed by atoms with E-state index < -0.39 is 30.1 Å². The zero-order valence-electron chi connectivity index (χ0n) is 12.1. The molecule has 2 atom stereocenters. The highest BCUT2D eigenvalue weighted by Gasteiger charge is 2.31. The van der Waals surface area contributed by atoms with E-state index in [4.69, 9.17) is 14.2 Å². The fourth-order valence-corrected chi connectivity index (χ4v) is 1.72. The summed E-state index contributed by atoms with van der Waals surface area (Å²) < 4.78 is 15.8. The molecule has 0 radical (unpaired) electrons. The van der Waals surface area contributed by atoms with Crippen molar-refractivity contribution in [1.29, 1.82) is 0 Å². The van der Waals surface area contributed by atoms with E-state index in [-0.39, 0.29) is 6.61 Å². The number of nitrogens with one attached hydrogen (secondary N) is 2. The van der Waals surface area contributed by atoms with Crippen molar-refractivity contribution in [2.45, 2.75) is 19.1 Å². The molecule has 0 bridgehead atoms. The van der Waals surface area contributed by atoms with Gasteiger partial charge in [0, 0.05) is 7.05 Å². The SMILES string of the molecule is CNC(=O)NC(=O)[C@@H](C)OC(=O)[C@H]1COc2ccccc2O1. The van der Waals surface area contributed by atoms with Crippen LogP contribution in [0.1, 0.15) is 6.92 Å². The number of ether oxygens (including phenoxy) is 3. The maximum atomic E-state index is 12.0. The molecule has 0 aromatic heterocycles. The monoisotopic (exact) mass is 308 g/mol. The van der Waals surface area contributed by atoms with Crippen LogP contribution in [0.4, 0.5) is 4.79 Å². The molecular formula is C14H16N2O6. The van der Waals surface area contributed by atoms with Crippen LogP contribution in [-0.4, -0.2) is 43.8 Å². The molecule has 1 aliphatic heterocycles. The predicted octanol–water partition coefficient (Wildman–Crippen LogP) is 0.214. The van der Waals surface area contributed by atoms with Crippen molar-refractivity contribution in [3.8, 4) is 11.5 Å². The zero-order chi connectivity index (χ0) is 16.1. The van der Waals surface area contributed by atoms with Crippen molar-refractivity contribution in [1.82, 2.24) is 10.6 Å². The third-order valence-corrected chi connectivity index (χ3v) is 2.90. The topological polar surface area (TPSA) is 103 Å². The zero-order valence-corrected chi connectivity index (χ0v) is 12.1. The standard InChI is InChI=1S/C14H16N2O6/c1-8(12(17)16-14(19)15-2)21-13(18)11-7-20-9-5-3-4-6-10(9)22-11/h3-6,8,11H,7H2,1-2H3,(H2,15,16,17,19)/t8-,11-/m1/s1. The van der Waals surface area contributed by atoms with E-state index in [2.05, 4.69) is 5.32 Å². The molecule has 0 aliphatic carbocycles. The maximum Gasteiger partial charge on any atom is 0.351 e. The number of hydrogen-bond donors (Lipinski definition) is 2. The van der Waals surface area contributed by atoms with Crippen molar-refractivity contribution in [3.05, 3.63) is 24.3 Å². The number of carbonyl (C=O) groups excluding carboxylic acids is 3. The van der Waals surface area contributed by atoms with E-state index in [1.807, 2.05) is 5.32 Å². The van der Waals surface area contributed by atoms with Gasteiger partial charge in [0.2, 0.25) is 6.10 Å². The van der Waals surface area contributed by atoms with Crippen LogP contribution in [0.2, 0.25) is 0 Å². The van der Waals surface area contributed by atoms with E-state index in [0.29, 0.717) is 11.5 Å². The molecule has 0 saturated carbocycles. The Bertz CT molecular complexity index is 588. The third kappa shape index (κ3) is 3.66. The van der Waals surface area contributed by atoms with Crippen LogP contribution in [0.25, 0.3) is 0 Å². The molecule has 22 heavy (non-hydrogen) atoms. The molecule has 1 heterocycles. The first-order valence-electron chi connectivity index (χ1n) is 6.63. The molecular weight excluding hydrogens is 292 g/mol. The van der Waals surface area contributed by atoms with Crippen molar-refractivity contribution >= 4 is 17.9 Å². The second-order valence-corrected chi connectivity index (χ2v) is 4.51. The summed E-state index contributed by atoms with van der Waals surface area (Å²) in [5.41, 5.74) is 0. The van der Waals surface area contributed by atoms with Crippen LogP contribution in [0.5, 0.6) is 11.5 Å². The van der Waals surface area contributed by atoms with Gasteiger partial charge in [0.1, 0.15) is 6.61 Å². The Balaban J connectivity index is 1.90. The van der Waals surface area contributed by atoms with Gasteiger partial charge in [-0.05, 0) is 19.1 Å². The van der Waals surface area contributed by atoms with Crippen LogP contribution in [0.3, 0.4) is 0 Å². The molecule has 1 aromatic rings. The second kappa shape index (κ2) is 6.79. The molecule has 0 fully saturated rings. The number of rotatable bonds is 3. The summed E-state index contributed by atoms with van der Waals surface area (Å²) in [6.45, 7) is 1.34. The molecule has 3 amide bonds. The predicted molar refractivity (Wildman–Crippen MR) is 74.5 cm³/mol.